The Kier molecular flexibility index (Phi) is 4.59. The van der Waals surface area contributed by atoms with Crippen molar-refractivity contribution in [3.05, 3.63) is 59.2 Å². The second kappa shape index (κ2) is 6.08. The summed E-state index contributed by atoms with van der Waals surface area (Å²) >= 11 is 6.10. The number of rotatable bonds is 4. The van der Waals surface area contributed by atoms with E-state index in [1.165, 1.54) is 0 Å². The van der Waals surface area contributed by atoms with Crippen LogP contribution in [0.4, 0.5) is 5.69 Å². The fraction of sp³-hybridized carbons (Fsp3) is 0.250. The standard InChI is InChI=1S/C16H18ClNO2S/c1-11-8-9-16(12(2)10-11)21(19,20)18-15-7-5-4-6-14(15)13(3)17/h4-10,13,18H,1-3H3. The molecule has 112 valence electrons. The number of hydrogen-bond acceptors (Lipinski definition) is 2. The Morgan fingerprint density at radius 3 is 2.38 bits per heavy atom. The molecule has 1 N–H and O–H groups in total. The first-order chi connectivity index (χ1) is 9.81. The van der Waals surface area contributed by atoms with E-state index in [1.807, 2.05) is 32.0 Å². The molecule has 2 rings (SSSR count). The van der Waals surface area contributed by atoms with Crippen LogP contribution < -0.4 is 4.72 Å². The second-order valence-corrected chi connectivity index (χ2v) is 7.38. The molecule has 3 nitrogen and oxygen atoms in total. The minimum Gasteiger partial charge on any atom is -0.279 e. The van der Waals surface area contributed by atoms with Crippen LogP contribution in [-0.2, 0) is 10.0 Å². The number of halogens is 1. The highest BCUT2D eigenvalue weighted by molar-refractivity contribution is 7.92. The van der Waals surface area contributed by atoms with Gasteiger partial charge in [0.1, 0.15) is 0 Å². The lowest BCUT2D eigenvalue weighted by molar-refractivity contribution is 0.600. The summed E-state index contributed by atoms with van der Waals surface area (Å²) < 4.78 is 27.7. The molecule has 0 spiro atoms. The molecule has 1 unspecified atom stereocenters. The topological polar surface area (TPSA) is 46.2 Å². The van der Waals surface area contributed by atoms with Gasteiger partial charge in [0.05, 0.1) is 16.0 Å². The minimum absolute atomic E-state index is 0.275. The summed E-state index contributed by atoms with van der Waals surface area (Å²) in [5.74, 6) is 0. The van der Waals surface area contributed by atoms with Crippen molar-refractivity contribution in [1.82, 2.24) is 0 Å². The van der Waals surface area contributed by atoms with Crippen LogP contribution in [0.1, 0.15) is 29.0 Å². The lowest BCUT2D eigenvalue weighted by Crippen LogP contribution is -2.15. The van der Waals surface area contributed by atoms with Crippen molar-refractivity contribution in [3.63, 3.8) is 0 Å². The molecule has 0 amide bonds. The fourth-order valence-corrected chi connectivity index (χ4v) is 3.74. The number of nitrogens with one attached hydrogen (secondary N) is 1. The van der Waals surface area contributed by atoms with E-state index in [0.29, 0.717) is 5.69 Å². The van der Waals surface area contributed by atoms with Gasteiger partial charge >= 0.3 is 0 Å². The van der Waals surface area contributed by atoms with E-state index in [0.717, 1.165) is 16.7 Å². The largest absolute Gasteiger partial charge is 0.279 e. The summed E-state index contributed by atoms with van der Waals surface area (Å²) in [6, 6.07) is 12.4. The van der Waals surface area contributed by atoms with Gasteiger partial charge in [-0.3, -0.25) is 4.72 Å². The molecular weight excluding hydrogens is 306 g/mol. The molecule has 0 radical (unpaired) electrons. The number of benzene rings is 2. The lowest BCUT2D eigenvalue weighted by Gasteiger charge is -2.15. The van der Waals surface area contributed by atoms with Crippen molar-refractivity contribution in [3.8, 4) is 0 Å². The van der Waals surface area contributed by atoms with Crippen LogP contribution in [0.2, 0.25) is 0 Å². The molecular formula is C16H18ClNO2S. The van der Waals surface area contributed by atoms with Crippen LogP contribution in [-0.4, -0.2) is 8.42 Å². The number of para-hydroxylation sites is 1. The van der Waals surface area contributed by atoms with E-state index >= 15 is 0 Å². The van der Waals surface area contributed by atoms with Gasteiger partial charge in [-0.05, 0) is 44.0 Å². The number of hydrogen-bond donors (Lipinski definition) is 1. The zero-order chi connectivity index (χ0) is 15.6. The number of anilines is 1. The summed E-state index contributed by atoms with van der Waals surface area (Å²) in [5, 5.41) is -0.275. The Hall–Kier alpha value is -1.52. The normalized spacial score (nSPS) is 13.0. The minimum atomic E-state index is -3.63. The smallest absolute Gasteiger partial charge is 0.262 e. The first-order valence-electron chi connectivity index (χ1n) is 6.64. The molecule has 1 atom stereocenters. The first kappa shape index (κ1) is 15.9. The second-order valence-electron chi connectivity index (χ2n) is 5.08. The number of aryl methyl sites for hydroxylation is 2. The van der Waals surface area contributed by atoms with Gasteiger partial charge < -0.3 is 0 Å². The maximum atomic E-state index is 12.6. The zero-order valence-corrected chi connectivity index (χ0v) is 13.8. The summed E-state index contributed by atoms with van der Waals surface area (Å²) in [6.45, 7) is 5.53. The van der Waals surface area contributed by atoms with Crippen LogP contribution in [0.3, 0.4) is 0 Å². The van der Waals surface area contributed by atoms with Crippen LogP contribution in [0.15, 0.2) is 47.4 Å². The summed E-state index contributed by atoms with van der Waals surface area (Å²) in [5.41, 5.74) is 3.02. The molecule has 21 heavy (non-hydrogen) atoms. The third kappa shape index (κ3) is 3.57. The van der Waals surface area contributed by atoms with Gasteiger partial charge in [0.15, 0.2) is 0 Å². The zero-order valence-electron chi connectivity index (χ0n) is 12.2. The quantitative estimate of drug-likeness (QED) is 0.847. The fourth-order valence-electron chi connectivity index (χ4n) is 2.24. The van der Waals surface area contributed by atoms with Crippen molar-refractivity contribution < 1.29 is 8.42 Å². The third-order valence-electron chi connectivity index (χ3n) is 3.25. The molecule has 0 aliphatic heterocycles. The Balaban J connectivity index is 2.43. The van der Waals surface area contributed by atoms with Crippen LogP contribution in [0, 0.1) is 13.8 Å². The highest BCUT2D eigenvalue weighted by Crippen LogP contribution is 2.29. The number of alkyl halides is 1. The third-order valence-corrected chi connectivity index (χ3v) is 5.01. The van der Waals surface area contributed by atoms with E-state index in [9.17, 15) is 8.42 Å². The Bertz CT molecular complexity index is 755. The highest BCUT2D eigenvalue weighted by Gasteiger charge is 2.19. The van der Waals surface area contributed by atoms with E-state index < -0.39 is 10.0 Å². The van der Waals surface area contributed by atoms with Gasteiger partial charge in [-0.2, -0.15) is 0 Å². The maximum absolute atomic E-state index is 12.6. The molecule has 0 saturated heterocycles. The van der Waals surface area contributed by atoms with Gasteiger partial charge in [0.25, 0.3) is 10.0 Å². The lowest BCUT2D eigenvalue weighted by atomic mass is 10.1. The van der Waals surface area contributed by atoms with Crippen molar-refractivity contribution in [2.24, 2.45) is 0 Å². The SMILES string of the molecule is Cc1ccc(S(=O)(=O)Nc2ccccc2C(C)Cl)c(C)c1. The van der Waals surface area contributed by atoms with Crippen molar-refractivity contribution in [2.75, 3.05) is 4.72 Å². The van der Waals surface area contributed by atoms with Crippen LogP contribution in [0.5, 0.6) is 0 Å². The highest BCUT2D eigenvalue weighted by atomic mass is 35.5. The van der Waals surface area contributed by atoms with Gasteiger partial charge in [-0.15, -0.1) is 11.6 Å². The average molecular weight is 324 g/mol. The Morgan fingerprint density at radius 1 is 1.10 bits per heavy atom. The monoisotopic (exact) mass is 323 g/mol. The van der Waals surface area contributed by atoms with E-state index in [4.69, 9.17) is 11.6 Å². The van der Waals surface area contributed by atoms with E-state index in [2.05, 4.69) is 4.72 Å². The molecule has 0 aliphatic rings. The molecule has 5 heteroatoms. The van der Waals surface area contributed by atoms with Crippen molar-refractivity contribution >= 4 is 27.3 Å². The van der Waals surface area contributed by atoms with Gasteiger partial charge in [-0.25, -0.2) is 8.42 Å². The van der Waals surface area contributed by atoms with Gasteiger partial charge in [-0.1, -0.05) is 35.9 Å². The van der Waals surface area contributed by atoms with Crippen molar-refractivity contribution in [2.45, 2.75) is 31.0 Å². The predicted molar refractivity (Wildman–Crippen MR) is 87.4 cm³/mol. The molecule has 0 saturated carbocycles. The Labute approximate surface area is 131 Å². The van der Waals surface area contributed by atoms with Crippen molar-refractivity contribution in [1.29, 1.82) is 0 Å². The molecule has 0 bridgehead atoms. The van der Waals surface area contributed by atoms with Crippen LogP contribution in [0.25, 0.3) is 0 Å². The molecule has 2 aromatic rings. The molecule has 2 aromatic carbocycles. The number of sulfonamides is 1. The Morgan fingerprint density at radius 2 is 1.76 bits per heavy atom. The van der Waals surface area contributed by atoms with E-state index in [-0.39, 0.29) is 10.3 Å². The summed E-state index contributed by atoms with van der Waals surface area (Å²) in [7, 11) is -3.63. The van der Waals surface area contributed by atoms with Crippen LogP contribution >= 0.6 is 11.6 Å². The van der Waals surface area contributed by atoms with Gasteiger partial charge in [0.2, 0.25) is 0 Å². The van der Waals surface area contributed by atoms with Gasteiger partial charge in [0, 0.05) is 0 Å². The molecule has 0 heterocycles. The molecule has 0 aliphatic carbocycles. The maximum Gasteiger partial charge on any atom is 0.262 e. The predicted octanol–water partition coefficient (Wildman–Crippen LogP) is 4.40. The molecule has 0 fully saturated rings. The average Bonchev–Trinajstić information content (AvgIpc) is 2.37. The van der Waals surface area contributed by atoms with E-state index in [1.54, 1.807) is 31.2 Å². The molecule has 0 aromatic heterocycles. The first-order valence-corrected chi connectivity index (χ1v) is 8.56. The summed E-state index contributed by atoms with van der Waals surface area (Å²) in [6.07, 6.45) is 0. The summed E-state index contributed by atoms with van der Waals surface area (Å²) in [4.78, 5) is 0.283.